The Kier molecular flexibility index (Phi) is 15.1. The summed E-state index contributed by atoms with van der Waals surface area (Å²) < 4.78 is 70.1. The molecule has 5 heterocycles. The summed E-state index contributed by atoms with van der Waals surface area (Å²) in [6.45, 7) is 0. The van der Waals surface area contributed by atoms with Crippen LogP contribution in [0, 0.1) is 23.7 Å². The fraction of sp³-hybridized carbons (Fsp3) is 0.214. The van der Waals surface area contributed by atoms with Crippen molar-refractivity contribution >= 4 is 0 Å². The van der Waals surface area contributed by atoms with Crippen molar-refractivity contribution in [3.63, 3.8) is 0 Å². The van der Waals surface area contributed by atoms with Crippen LogP contribution in [0.2, 0.25) is 0 Å². The first kappa shape index (κ1) is 51.1. The largest absolute Gasteiger partial charge is 0.628 e. The first-order valence-corrected chi connectivity index (χ1v) is 22.4. The minimum absolute atomic E-state index is 0. The van der Waals surface area contributed by atoms with E-state index in [1.807, 2.05) is 97.1 Å². The number of hydrogen-bond acceptors (Lipinski definition) is 12. The minimum Gasteiger partial charge on any atom is -0.628 e. The number of methoxy groups -OCH3 is 12. The van der Waals surface area contributed by atoms with E-state index in [-0.39, 0.29) is 19.5 Å². The number of benzene rings is 4. The van der Waals surface area contributed by atoms with E-state index in [1.54, 1.807) is 85.3 Å². The van der Waals surface area contributed by atoms with Crippen LogP contribution >= 0.6 is 0 Å². The van der Waals surface area contributed by atoms with Crippen LogP contribution in [0.1, 0.15) is 67.8 Å². The molecule has 9 rings (SSSR count). The van der Waals surface area contributed by atoms with Crippen LogP contribution in [0.3, 0.4) is 0 Å². The van der Waals surface area contributed by atoms with Crippen LogP contribution in [0.5, 0.6) is 69.0 Å². The number of aromatic nitrogens is 4. The zero-order chi connectivity index (χ0) is 50.8. The van der Waals surface area contributed by atoms with Gasteiger partial charge in [-0.25, -0.2) is 0 Å². The van der Waals surface area contributed by atoms with Gasteiger partial charge in [0.05, 0.1) is 156 Å². The molecule has 0 saturated heterocycles. The monoisotopic (exact) mass is 1040 g/mol. The molecule has 8 bridgehead atoms. The Labute approximate surface area is 437 Å². The van der Waals surface area contributed by atoms with Crippen LogP contribution in [0.15, 0.2) is 97.1 Å². The number of rotatable bonds is 16. The summed E-state index contributed by atoms with van der Waals surface area (Å²) in [6, 6.07) is 30.6. The summed E-state index contributed by atoms with van der Waals surface area (Å²) >= 11 is 0. The Morgan fingerprint density at radius 1 is 0.233 bits per heavy atom. The van der Waals surface area contributed by atoms with Crippen LogP contribution in [0.25, 0.3) is 0 Å². The molecule has 1 aliphatic heterocycles. The summed E-state index contributed by atoms with van der Waals surface area (Å²) in [7, 11) is 18.9. The molecule has 4 aromatic heterocycles. The minimum atomic E-state index is 0. The SMILES string of the molecule is COc1cc([C+]2c3ccc([n-]3)[C+](c3cc(OC)c(OC)c(OC)c3)c3ccc([n-]3)[C+](c3cc(OC)c(OC)c(OC)c3)c3ccc([n-]3)[C+](c3cc(OC)c(OC)c(OC)c3)c3ccc2[n-]3)cc(OC)c1OC.[Zn]. The Balaban J connectivity index is 0.00000711. The third-order valence-corrected chi connectivity index (χ3v) is 12.4. The molecule has 0 amide bonds. The second-order valence-corrected chi connectivity index (χ2v) is 16.0. The van der Waals surface area contributed by atoms with E-state index in [1.165, 1.54) is 0 Å². The Morgan fingerprint density at radius 2 is 0.370 bits per heavy atom. The summed E-state index contributed by atoms with van der Waals surface area (Å²) in [5.74, 6) is 7.94. The molecule has 0 atom stereocenters. The standard InChI is InChI=1S/C56H52N4O12.Zn/c1-61-41-21-29(22-42(62-2)53(41)69-9)49-33-13-15-35(57-33)50(30-23-43(63-3)54(70-10)44(24-30)64-4)37-17-19-39(59-37)52(32-27-47(67-7)56(72-12)48(28-32)68-8)40-20-18-38(60-40)51(36-16-14-34(49)58-36)31-25-45(65-5)55(71-11)46(26-31)66-6;/h13-28H,1-12H3;. The molecule has 1 aliphatic rings. The Hall–Kier alpha value is -8.30. The van der Waals surface area contributed by atoms with Gasteiger partial charge in [-0.3, -0.25) is 0 Å². The van der Waals surface area contributed by atoms with Gasteiger partial charge in [0.25, 0.3) is 0 Å². The van der Waals surface area contributed by atoms with Gasteiger partial charge in [0, 0.05) is 91.7 Å². The van der Waals surface area contributed by atoms with Gasteiger partial charge in [-0.15, -0.1) is 0 Å². The van der Waals surface area contributed by atoms with Crippen LogP contribution < -0.4 is 76.8 Å². The van der Waals surface area contributed by atoms with Crippen molar-refractivity contribution in [2.45, 2.75) is 0 Å². The molecular weight excluding hydrogens is 986 g/mol. The van der Waals surface area contributed by atoms with E-state index in [9.17, 15) is 0 Å². The number of nitrogens with zero attached hydrogens (tertiary/aromatic N) is 4. The van der Waals surface area contributed by atoms with Crippen molar-refractivity contribution < 1.29 is 76.3 Å². The third kappa shape index (κ3) is 9.05. The van der Waals surface area contributed by atoms with Gasteiger partial charge in [0.15, 0.2) is 0 Å². The number of ether oxygens (including phenoxy) is 12. The summed E-state index contributed by atoms with van der Waals surface area (Å²) in [6.07, 6.45) is 0. The average molecular weight is 1040 g/mol. The molecule has 0 spiro atoms. The van der Waals surface area contributed by atoms with Gasteiger partial charge in [0.1, 0.15) is 0 Å². The van der Waals surface area contributed by atoms with Crippen molar-refractivity contribution in [1.29, 1.82) is 0 Å². The summed E-state index contributed by atoms with van der Waals surface area (Å²) in [5.41, 5.74) is 7.43. The quantitative estimate of drug-likeness (QED) is 0.0674. The molecule has 370 valence electrons. The molecule has 73 heavy (non-hydrogen) atoms. The molecule has 0 N–H and O–H groups in total. The number of hydrogen-bond donors (Lipinski definition) is 0. The summed E-state index contributed by atoms with van der Waals surface area (Å²) in [4.78, 5) is 21.7. The maximum Gasteiger partial charge on any atom is 0.220 e. The molecule has 0 fully saturated rings. The maximum atomic E-state index is 5.89. The van der Waals surface area contributed by atoms with E-state index in [0.29, 0.717) is 160 Å². The maximum absolute atomic E-state index is 5.89. The molecule has 0 unspecified atom stereocenters. The fourth-order valence-electron chi connectivity index (χ4n) is 9.17. The smallest absolute Gasteiger partial charge is 0.220 e. The van der Waals surface area contributed by atoms with Crippen LogP contribution in [0.4, 0.5) is 0 Å². The van der Waals surface area contributed by atoms with Crippen LogP contribution in [-0.4, -0.2) is 85.3 Å². The number of fused-ring (bicyclic) bond motifs is 8. The van der Waals surface area contributed by atoms with Gasteiger partial charge < -0.3 is 76.8 Å². The van der Waals surface area contributed by atoms with E-state index in [0.717, 1.165) is 0 Å². The van der Waals surface area contributed by atoms with Crippen molar-refractivity contribution in [1.82, 2.24) is 19.9 Å². The van der Waals surface area contributed by atoms with Gasteiger partial charge >= 0.3 is 0 Å². The topological polar surface area (TPSA) is 167 Å². The Morgan fingerprint density at radius 3 is 0.479 bits per heavy atom. The first-order chi connectivity index (χ1) is 35.1. The molecular formula is C56H52N4O12Zn. The van der Waals surface area contributed by atoms with Crippen LogP contribution in [-0.2, 0) is 19.5 Å². The van der Waals surface area contributed by atoms with Crippen molar-refractivity contribution in [2.24, 2.45) is 0 Å². The van der Waals surface area contributed by atoms with Gasteiger partial charge in [-0.05, 0) is 45.6 Å². The second-order valence-electron chi connectivity index (χ2n) is 16.0. The second kappa shape index (κ2) is 21.6. The molecule has 4 aromatic carbocycles. The zero-order valence-corrected chi connectivity index (χ0v) is 45.6. The molecule has 0 saturated carbocycles. The fourth-order valence-corrected chi connectivity index (χ4v) is 9.17. The first-order valence-electron chi connectivity index (χ1n) is 22.4. The zero-order valence-electron chi connectivity index (χ0n) is 42.6. The average Bonchev–Trinajstić information content (AvgIpc) is 4.28. The molecule has 17 heteroatoms. The molecule has 16 nitrogen and oxygen atoms in total. The molecule has 0 aliphatic carbocycles. The van der Waals surface area contributed by atoms with E-state index >= 15 is 0 Å². The van der Waals surface area contributed by atoms with E-state index in [4.69, 9.17) is 76.8 Å². The van der Waals surface area contributed by atoms with Crippen molar-refractivity contribution in [3.05, 3.63) is 189 Å². The van der Waals surface area contributed by atoms with Crippen molar-refractivity contribution in [3.8, 4) is 69.0 Å². The predicted molar refractivity (Wildman–Crippen MR) is 266 cm³/mol. The molecule has 8 aromatic rings. The van der Waals surface area contributed by atoms with E-state index in [2.05, 4.69) is 0 Å². The van der Waals surface area contributed by atoms with Gasteiger partial charge in [0.2, 0.25) is 69.0 Å². The van der Waals surface area contributed by atoms with E-state index < -0.39 is 0 Å². The van der Waals surface area contributed by atoms with Gasteiger partial charge in [-0.2, -0.15) is 0 Å². The predicted octanol–water partition coefficient (Wildman–Crippen LogP) is 8.01. The summed E-state index contributed by atoms with van der Waals surface area (Å²) in [5, 5.41) is 0. The third-order valence-electron chi connectivity index (χ3n) is 12.4. The van der Waals surface area contributed by atoms with Gasteiger partial charge in [-0.1, -0.05) is 0 Å². The van der Waals surface area contributed by atoms with Crippen molar-refractivity contribution in [2.75, 3.05) is 85.3 Å². The normalized spacial score (nSPS) is 11.9. The molecule has 0 radical (unpaired) electrons. The Bertz CT molecular complexity index is 2610.